The maximum absolute atomic E-state index is 14.9. The second-order valence-corrected chi connectivity index (χ2v) is 14.9. The lowest BCUT2D eigenvalue weighted by molar-refractivity contribution is 0.134. The summed E-state index contributed by atoms with van der Waals surface area (Å²) in [5, 5.41) is 1.20. The van der Waals surface area contributed by atoms with Crippen LogP contribution in [0.15, 0.2) is 9.63 Å². The number of benzene rings is 1. The monoisotopic (exact) mass is 444 g/mol. The molecule has 0 aliphatic carbocycles. The average Bonchev–Trinajstić information content (AvgIpc) is 3.01. The highest BCUT2D eigenvalue weighted by Crippen LogP contribution is 2.40. The summed E-state index contributed by atoms with van der Waals surface area (Å²) in [6, 6.07) is 1.02. The number of rotatable bonds is 6. The summed E-state index contributed by atoms with van der Waals surface area (Å²) in [6.07, 6.45) is 0. The number of halogens is 2. The molecule has 1 aliphatic rings. The molecule has 0 saturated carbocycles. The molecule has 0 bridgehead atoms. The van der Waals surface area contributed by atoms with Crippen LogP contribution in [0.3, 0.4) is 0 Å². The van der Waals surface area contributed by atoms with Gasteiger partial charge >= 0.3 is 0 Å². The van der Waals surface area contributed by atoms with Crippen LogP contribution < -0.4 is 4.74 Å². The van der Waals surface area contributed by atoms with Crippen LogP contribution in [0, 0.1) is 5.82 Å². The standard InChI is InChI=1S/C17H22BrFN2O2SSi/c1-5-24-17-20-15-12(16(21-17)23-6-7-25(2,3)4)10-8-22-9-11(10)13(18)14(15)19/h5-9H2,1-4H3. The first kappa shape index (κ1) is 19.1. The molecule has 0 atom stereocenters. The number of hydrogen-bond acceptors (Lipinski definition) is 5. The van der Waals surface area contributed by atoms with Crippen molar-refractivity contribution in [1.82, 2.24) is 9.97 Å². The Balaban J connectivity index is 2.12. The van der Waals surface area contributed by atoms with E-state index in [1.807, 2.05) is 6.92 Å². The van der Waals surface area contributed by atoms with Gasteiger partial charge in [0.1, 0.15) is 5.52 Å². The first-order valence-corrected chi connectivity index (χ1v) is 13.8. The van der Waals surface area contributed by atoms with Gasteiger partial charge in [-0.1, -0.05) is 38.3 Å². The third-order valence-corrected chi connectivity index (χ3v) is 7.30. The first-order chi connectivity index (χ1) is 11.8. The van der Waals surface area contributed by atoms with Crippen LogP contribution in [-0.2, 0) is 18.0 Å². The zero-order valence-electron chi connectivity index (χ0n) is 14.9. The van der Waals surface area contributed by atoms with E-state index < -0.39 is 8.07 Å². The molecule has 1 aromatic heterocycles. The molecular weight excluding hydrogens is 423 g/mol. The van der Waals surface area contributed by atoms with Gasteiger partial charge in [0.2, 0.25) is 5.88 Å². The van der Waals surface area contributed by atoms with Crippen LogP contribution in [0.2, 0.25) is 25.7 Å². The fourth-order valence-electron chi connectivity index (χ4n) is 2.69. The van der Waals surface area contributed by atoms with Crippen LogP contribution in [0.5, 0.6) is 5.88 Å². The van der Waals surface area contributed by atoms with Crippen molar-refractivity contribution in [1.29, 1.82) is 0 Å². The van der Waals surface area contributed by atoms with Gasteiger partial charge in [0.25, 0.3) is 0 Å². The van der Waals surface area contributed by atoms with Crippen LogP contribution in [0.1, 0.15) is 18.1 Å². The highest BCUT2D eigenvalue weighted by molar-refractivity contribution is 9.10. The molecule has 1 aliphatic heterocycles. The normalized spacial score (nSPS) is 14.2. The fraction of sp³-hybridized carbons (Fsp3) is 0.529. The molecule has 136 valence electrons. The van der Waals surface area contributed by atoms with Gasteiger partial charge in [0.05, 0.1) is 29.7 Å². The molecule has 8 heteroatoms. The Bertz CT molecular complexity index is 814. The lowest BCUT2D eigenvalue weighted by Crippen LogP contribution is -2.22. The van der Waals surface area contributed by atoms with E-state index in [1.54, 1.807) is 0 Å². The van der Waals surface area contributed by atoms with Gasteiger partial charge in [-0.15, -0.1) is 0 Å². The number of nitrogens with zero attached hydrogens (tertiary/aromatic N) is 2. The molecule has 25 heavy (non-hydrogen) atoms. The summed E-state index contributed by atoms with van der Waals surface area (Å²) >= 11 is 4.85. The Morgan fingerprint density at radius 1 is 1.24 bits per heavy atom. The SMILES string of the molecule is CCSc1nc(OCC[Si](C)(C)C)c2c3c(c(Br)c(F)c2n1)COC3. The van der Waals surface area contributed by atoms with E-state index in [0.717, 1.165) is 22.9 Å². The molecule has 1 aromatic carbocycles. The van der Waals surface area contributed by atoms with Crippen molar-refractivity contribution in [3.63, 3.8) is 0 Å². The molecule has 0 amide bonds. The van der Waals surface area contributed by atoms with Crippen LogP contribution in [0.25, 0.3) is 10.9 Å². The molecular formula is C17H22BrFN2O2SSi. The van der Waals surface area contributed by atoms with E-state index in [2.05, 4.69) is 45.5 Å². The molecule has 0 radical (unpaired) electrons. The summed E-state index contributed by atoms with van der Waals surface area (Å²) < 4.78 is 26.9. The number of thioether (sulfide) groups is 1. The Morgan fingerprint density at radius 2 is 1.96 bits per heavy atom. The highest BCUT2D eigenvalue weighted by Gasteiger charge is 2.27. The van der Waals surface area contributed by atoms with Crippen molar-refractivity contribution in [3.8, 4) is 5.88 Å². The predicted octanol–water partition coefficient (Wildman–Crippen LogP) is 5.39. The van der Waals surface area contributed by atoms with E-state index in [4.69, 9.17) is 9.47 Å². The minimum atomic E-state index is -1.23. The van der Waals surface area contributed by atoms with Gasteiger partial charge in [0.15, 0.2) is 11.0 Å². The zero-order valence-corrected chi connectivity index (χ0v) is 18.3. The maximum atomic E-state index is 14.9. The maximum Gasteiger partial charge on any atom is 0.225 e. The van der Waals surface area contributed by atoms with Crippen molar-refractivity contribution in [2.45, 2.75) is 51.0 Å². The smallest absolute Gasteiger partial charge is 0.225 e. The fourth-order valence-corrected chi connectivity index (χ4v) is 4.51. The Labute approximate surface area is 161 Å². The number of fused-ring (bicyclic) bond motifs is 3. The number of ether oxygens (including phenoxy) is 2. The second-order valence-electron chi connectivity index (χ2n) is 7.20. The van der Waals surface area contributed by atoms with E-state index >= 15 is 0 Å². The van der Waals surface area contributed by atoms with Crippen molar-refractivity contribution >= 4 is 46.7 Å². The minimum absolute atomic E-state index is 0.310. The molecule has 2 aromatic rings. The van der Waals surface area contributed by atoms with Gasteiger partial charge < -0.3 is 9.47 Å². The van der Waals surface area contributed by atoms with E-state index in [0.29, 0.717) is 46.2 Å². The van der Waals surface area contributed by atoms with Crippen LogP contribution in [-0.4, -0.2) is 30.4 Å². The van der Waals surface area contributed by atoms with E-state index in [-0.39, 0.29) is 5.82 Å². The Hall–Kier alpha value is -0.703. The lowest BCUT2D eigenvalue weighted by atomic mass is 10.0. The third kappa shape index (κ3) is 4.02. The number of hydrogen-bond donors (Lipinski definition) is 0. The summed E-state index contributed by atoms with van der Waals surface area (Å²) in [5.74, 6) is 0.929. The van der Waals surface area contributed by atoms with E-state index in [1.165, 1.54) is 11.8 Å². The van der Waals surface area contributed by atoms with Crippen molar-refractivity contribution in [3.05, 3.63) is 21.4 Å². The topological polar surface area (TPSA) is 44.2 Å². The van der Waals surface area contributed by atoms with Crippen molar-refractivity contribution in [2.24, 2.45) is 0 Å². The lowest BCUT2D eigenvalue weighted by Gasteiger charge is -2.17. The summed E-state index contributed by atoms with van der Waals surface area (Å²) in [5.41, 5.74) is 2.07. The summed E-state index contributed by atoms with van der Waals surface area (Å²) in [4.78, 5) is 9.01. The molecule has 2 heterocycles. The molecule has 0 saturated heterocycles. The van der Waals surface area contributed by atoms with Gasteiger partial charge in [-0.3, -0.25) is 0 Å². The molecule has 4 nitrogen and oxygen atoms in total. The van der Waals surface area contributed by atoms with Gasteiger partial charge in [0, 0.05) is 13.6 Å². The first-order valence-electron chi connectivity index (χ1n) is 8.35. The Kier molecular flexibility index (Phi) is 5.72. The zero-order chi connectivity index (χ0) is 18.2. The minimum Gasteiger partial charge on any atom is -0.477 e. The van der Waals surface area contributed by atoms with Gasteiger partial charge in [-0.2, -0.15) is 4.98 Å². The third-order valence-electron chi connectivity index (χ3n) is 4.04. The largest absolute Gasteiger partial charge is 0.477 e. The van der Waals surface area contributed by atoms with Crippen molar-refractivity contribution < 1.29 is 13.9 Å². The summed E-state index contributed by atoms with van der Waals surface area (Å²) in [7, 11) is -1.23. The summed E-state index contributed by atoms with van der Waals surface area (Å²) in [6.45, 7) is 10.3. The predicted molar refractivity (Wildman–Crippen MR) is 106 cm³/mol. The van der Waals surface area contributed by atoms with Crippen LogP contribution >= 0.6 is 27.7 Å². The molecule has 0 N–H and O–H groups in total. The number of aromatic nitrogens is 2. The quantitative estimate of drug-likeness (QED) is 0.339. The second kappa shape index (κ2) is 7.50. The van der Waals surface area contributed by atoms with Gasteiger partial charge in [-0.25, -0.2) is 9.37 Å². The molecule has 3 rings (SSSR count). The Morgan fingerprint density at radius 3 is 2.64 bits per heavy atom. The molecule has 0 unspecified atom stereocenters. The van der Waals surface area contributed by atoms with E-state index in [9.17, 15) is 4.39 Å². The van der Waals surface area contributed by atoms with Crippen LogP contribution in [0.4, 0.5) is 4.39 Å². The highest BCUT2D eigenvalue weighted by atomic mass is 79.9. The molecule has 0 fully saturated rings. The molecule has 0 spiro atoms. The van der Waals surface area contributed by atoms with Gasteiger partial charge in [-0.05, 0) is 33.3 Å². The van der Waals surface area contributed by atoms with Crippen molar-refractivity contribution in [2.75, 3.05) is 12.4 Å². The average molecular weight is 445 g/mol.